The summed E-state index contributed by atoms with van der Waals surface area (Å²) < 4.78 is 5.33. The monoisotopic (exact) mass is 401 g/mol. The Morgan fingerprint density at radius 3 is 2.33 bits per heavy atom. The molecule has 0 aliphatic heterocycles. The van der Waals surface area contributed by atoms with Crippen LogP contribution in [0.25, 0.3) is 11.1 Å². The van der Waals surface area contributed by atoms with Crippen LogP contribution in [0.4, 0.5) is 5.69 Å². The van der Waals surface area contributed by atoms with Crippen LogP contribution in [0.1, 0.15) is 36.6 Å². The molecule has 1 atom stereocenters. The van der Waals surface area contributed by atoms with Gasteiger partial charge in [-0.1, -0.05) is 55.5 Å². The number of esters is 1. The zero-order chi connectivity index (χ0) is 21.5. The third-order valence-electron chi connectivity index (χ3n) is 4.96. The second-order valence-electron chi connectivity index (χ2n) is 6.96. The van der Waals surface area contributed by atoms with Gasteiger partial charge in [0.05, 0.1) is 6.61 Å². The van der Waals surface area contributed by atoms with Crippen molar-refractivity contribution in [1.29, 1.82) is 5.41 Å². The fourth-order valence-corrected chi connectivity index (χ4v) is 3.40. The lowest BCUT2D eigenvalue weighted by Crippen LogP contribution is -2.23. The van der Waals surface area contributed by atoms with E-state index in [0.29, 0.717) is 12.2 Å². The summed E-state index contributed by atoms with van der Waals surface area (Å²) in [4.78, 5) is 12.7. The van der Waals surface area contributed by atoms with E-state index in [1.165, 1.54) is 5.56 Å². The number of nitrogens with one attached hydrogen (secondary N) is 2. The Morgan fingerprint density at radius 2 is 1.73 bits per heavy atom. The summed E-state index contributed by atoms with van der Waals surface area (Å²) in [6, 6.07) is 22.8. The minimum atomic E-state index is -0.636. The number of benzene rings is 3. The Bertz CT molecular complexity index is 1010. The van der Waals surface area contributed by atoms with Gasteiger partial charge < -0.3 is 15.8 Å². The molecule has 3 aromatic carbocycles. The first-order chi connectivity index (χ1) is 14.5. The average Bonchev–Trinajstić information content (AvgIpc) is 2.78. The van der Waals surface area contributed by atoms with Crippen LogP contribution >= 0.6 is 0 Å². The molecule has 0 radical (unpaired) electrons. The van der Waals surface area contributed by atoms with Crippen molar-refractivity contribution in [2.75, 3.05) is 11.9 Å². The highest BCUT2D eigenvalue weighted by atomic mass is 16.5. The number of ether oxygens (including phenoxy) is 1. The van der Waals surface area contributed by atoms with Gasteiger partial charge in [0.2, 0.25) is 0 Å². The van der Waals surface area contributed by atoms with E-state index in [0.717, 1.165) is 28.8 Å². The first-order valence-corrected chi connectivity index (χ1v) is 10.1. The van der Waals surface area contributed by atoms with Gasteiger partial charge in [-0.25, -0.2) is 4.79 Å². The van der Waals surface area contributed by atoms with Gasteiger partial charge in [-0.3, -0.25) is 5.41 Å². The van der Waals surface area contributed by atoms with Crippen molar-refractivity contribution >= 4 is 17.5 Å². The third-order valence-corrected chi connectivity index (χ3v) is 4.96. The van der Waals surface area contributed by atoms with Crippen molar-refractivity contribution in [3.8, 4) is 11.1 Å². The molecule has 30 heavy (non-hydrogen) atoms. The van der Waals surface area contributed by atoms with E-state index in [-0.39, 0.29) is 11.8 Å². The quantitative estimate of drug-likeness (QED) is 0.284. The van der Waals surface area contributed by atoms with Crippen LogP contribution in [0.15, 0.2) is 72.8 Å². The zero-order valence-electron chi connectivity index (χ0n) is 17.3. The molecule has 154 valence electrons. The number of anilines is 1. The maximum atomic E-state index is 12.7. The second kappa shape index (κ2) is 9.74. The molecule has 0 saturated heterocycles. The van der Waals surface area contributed by atoms with Gasteiger partial charge in [0.1, 0.15) is 5.84 Å². The Hall–Kier alpha value is -3.60. The summed E-state index contributed by atoms with van der Waals surface area (Å²) in [7, 11) is 0. The first kappa shape index (κ1) is 21.1. The standard InChI is InChI=1S/C25H27N3O2/c1-3-17-16-20(12-15-22(17)18-8-6-5-7-9-18)23(25(29)30-4-2)28-21-13-10-19(11-14-21)24(26)27/h5-16,23,28H,3-4H2,1-2H3,(H3,26,27). The fraction of sp³-hybridized carbons (Fsp3) is 0.200. The van der Waals surface area contributed by atoms with Crippen LogP contribution in [-0.4, -0.2) is 18.4 Å². The van der Waals surface area contributed by atoms with Crippen LogP contribution in [0.5, 0.6) is 0 Å². The van der Waals surface area contributed by atoms with Crippen LogP contribution in [0.2, 0.25) is 0 Å². The molecule has 0 bridgehead atoms. The van der Waals surface area contributed by atoms with Crippen molar-refractivity contribution in [1.82, 2.24) is 0 Å². The summed E-state index contributed by atoms with van der Waals surface area (Å²) in [6.45, 7) is 4.22. The lowest BCUT2D eigenvalue weighted by molar-refractivity contribution is -0.144. The van der Waals surface area contributed by atoms with Crippen LogP contribution in [0, 0.1) is 5.41 Å². The Labute approximate surface area is 177 Å². The van der Waals surface area contributed by atoms with Gasteiger partial charge in [-0.2, -0.15) is 0 Å². The molecule has 5 nitrogen and oxygen atoms in total. The van der Waals surface area contributed by atoms with Crippen molar-refractivity contribution in [3.05, 3.63) is 89.5 Å². The summed E-state index contributed by atoms with van der Waals surface area (Å²) >= 11 is 0. The molecule has 0 spiro atoms. The highest BCUT2D eigenvalue weighted by Gasteiger charge is 2.23. The van der Waals surface area contributed by atoms with Gasteiger partial charge in [0, 0.05) is 11.3 Å². The fourth-order valence-electron chi connectivity index (χ4n) is 3.40. The van der Waals surface area contributed by atoms with E-state index in [1.807, 2.05) is 36.4 Å². The van der Waals surface area contributed by atoms with E-state index >= 15 is 0 Å². The molecule has 3 aromatic rings. The molecule has 0 amide bonds. The van der Waals surface area contributed by atoms with Gasteiger partial charge >= 0.3 is 5.97 Å². The van der Waals surface area contributed by atoms with E-state index in [4.69, 9.17) is 15.9 Å². The van der Waals surface area contributed by atoms with Crippen molar-refractivity contribution in [2.24, 2.45) is 5.73 Å². The molecule has 1 unspecified atom stereocenters. The second-order valence-corrected chi connectivity index (χ2v) is 6.96. The summed E-state index contributed by atoms with van der Waals surface area (Å²) in [5.41, 5.74) is 11.2. The maximum Gasteiger partial charge on any atom is 0.333 e. The van der Waals surface area contributed by atoms with Gasteiger partial charge in [-0.15, -0.1) is 0 Å². The molecule has 0 saturated carbocycles. The van der Waals surface area contributed by atoms with Gasteiger partial charge in [-0.05, 0) is 59.9 Å². The summed E-state index contributed by atoms with van der Waals surface area (Å²) in [5, 5.41) is 10.8. The Balaban J connectivity index is 1.95. The topological polar surface area (TPSA) is 88.2 Å². The number of carbonyl (C=O) groups excluding carboxylic acids is 1. The number of carbonyl (C=O) groups is 1. The van der Waals surface area contributed by atoms with Gasteiger partial charge in [0.25, 0.3) is 0 Å². The number of hydrogen-bond donors (Lipinski definition) is 3. The predicted octanol–water partition coefficient (Wildman–Crippen LogP) is 4.92. The minimum Gasteiger partial charge on any atom is -0.464 e. The lowest BCUT2D eigenvalue weighted by atomic mass is 9.93. The SMILES string of the molecule is CCOC(=O)C(Nc1ccc(C(=N)N)cc1)c1ccc(-c2ccccc2)c(CC)c1. The minimum absolute atomic E-state index is 0.00702. The first-order valence-electron chi connectivity index (χ1n) is 10.1. The number of nitrogens with two attached hydrogens (primary N) is 1. The van der Waals surface area contributed by atoms with Crippen LogP contribution in [-0.2, 0) is 16.0 Å². The summed E-state index contributed by atoms with van der Waals surface area (Å²) in [6.07, 6.45) is 0.848. The van der Waals surface area contributed by atoms with E-state index in [2.05, 4.69) is 36.5 Å². The van der Waals surface area contributed by atoms with E-state index < -0.39 is 6.04 Å². The molecule has 3 rings (SSSR count). The molecular weight excluding hydrogens is 374 g/mol. The zero-order valence-corrected chi connectivity index (χ0v) is 17.3. The molecule has 5 heteroatoms. The smallest absolute Gasteiger partial charge is 0.333 e. The summed E-state index contributed by atoms with van der Waals surface area (Å²) in [5.74, 6) is -0.324. The normalized spacial score (nSPS) is 11.5. The largest absolute Gasteiger partial charge is 0.464 e. The van der Waals surface area contributed by atoms with Crippen LogP contribution < -0.4 is 11.1 Å². The molecule has 0 aromatic heterocycles. The average molecular weight is 402 g/mol. The molecule has 0 heterocycles. The molecule has 0 fully saturated rings. The molecule has 0 aliphatic rings. The highest BCUT2D eigenvalue weighted by Crippen LogP contribution is 2.29. The molecular formula is C25H27N3O2. The Morgan fingerprint density at radius 1 is 1.03 bits per heavy atom. The predicted molar refractivity (Wildman–Crippen MR) is 122 cm³/mol. The number of amidine groups is 1. The lowest BCUT2D eigenvalue weighted by Gasteiger charge is -2.21. The molecule has 0 aliphatic carbocycles. The van der Waals surface area contributed by atoms with E-state index in [1.54, 1.807) is 19.1 Å². The van der Waals surface area contributed by atoms with Crippen molar-refractivity contribution < 1.29 is 9.53 Å². The van der Waals surface area contributed by atoms with Crippen molar-refractivity contribution in [3.63, 3.8) is 0 Å². The number of nitrogen functional groups attached to an aromatic ring is 1. The Kier molecular flexibility index (Phi) is 6.86. The number of aryl methyl sites for hydroxylation is 1. The number of hydrogen-bond acceptors (Lipinski definition) is 4. The highest BCUT2D eigenvalue weighted by molar-refractivity contribution is 5.95. The number of rotatable bonds is 8. The maximum absolute atomic E-state index is 12.7. The molecule has 4 N–H and O–H groups in total. The van der Waals surface area contributed by atoms with Gasteiger partial charge in [0.15, 0.2) is 6.04 Å². The third kappa shape index (κ3) is 4.87. The van der Waals surface area contributed by atoms with Crippen molar-refractivity contribution in [2.45, 2.75) is 26.3 Å². The van der Waals surface area contributed by atoms with E-state index in [9.17, 15) is 4.79 Å². The van der Waals surface area contributed by atoms with Crippen LogP contribution in [0.3, 0.4) is 0 Å².